The maximum atomic E-state index is 11.7. The normalized spacial score (nSPS) is 16.3. The van der Waals surface area contributed by atoms with Gasteiger partial charge in [0.1, 0.15) is 5.69 Å². The molecule has 1 fully saturated rings. The zero-order chi connectivity index (χ0) is 12.5. The summed E-state index contributed by atoms with van der Waals surface area (Å²) in [6.45, 7) is 1.98. The van der Waals surface area contributed by atoms with Gasteiger partial charge in [-0.2, -0.15) is 0 Å². The largest absolute Gasteiger partial charge is 0.481 e. The van der Waals surface area contributed by atoms with E-state index in [4.69, 9.17) is 5.11 Å². The van der Waals surface area contributed by atoms with Crippen molar-refractivity contribution in [1.82, 2.24) is 10.3 Å². The summed E-state index contributed by atoms with van der Waals surface area (Å²) in [5.41, 5.74) is 0.350. The van der Waals surface area contributed by atoms with Crippen LogP contribution in [-0.2, 0) is 4.79 Å². The van der Waals surface area contributed by atoms with Crippen LogP contribution in [0.4, 0.5) is 0 Å². The minimum Gasteiger partial charge on any atom is -0.481 e. The van der Waals surface area contributed by atoms with Gasteiger partial charge >= 0.3 is 5.97 Å². The highest BCUT2D eigenvalue weighted by Gasteiger charge is 2.50. The second kappa shape index (κ2) is 4.16. The van der Waals surface area contributed by atoms with Crippen LogP contribution in [0.2, 0.25) is 0 Å². The van der Waals surface area contributed by atoms with Crippen LogP contribution in [0, 0.1) is 12.3 Å². The summed E-state index contributed by atoms with van der Waals surface area (Å²) in [5.74, 6) is -1.16. The topological polar surface area (TPSA) is 79.3 Å². The standard InChI is InChI=1S/C12H14N2O3/c1-8-3-2-4-9(14-8)10(15)13-7-12(5-6-12)11(16)17/h2-4H,5-7H2,1H3,(H,13,15)(H,16,17). The molecule has 17 heavy (non-hydrogen) atoms. The lowest BCUT2D eigenvalue weighted by Crippen LogP contribution is -2.34. The van der Waals surface area contributed by atoms with Crippen molar-refractivity contribution >= 4 is 11.9 Å². The number of aliphatic carboxylic acids is 1. The number of rotatable bonds is 4. The Balaban J connectivity index is 1.96. The molecule has 0 bridgehead atoms. The Labute approximate surface area is 98.9 Å². The number of pyridine rings is 1. The lowest BCUT2D eigenvalue weighted by atomic mass is 10.1. The Morgan fingerprint density at radius 2 is 2.18 bits per heavy atom. The van der Waals surface area contributed by atoms with E-state index in [-0.39, 0.29) is 12.5 Å². The van der Waals surface area contributed by atoms with Gasteiger partial charge in [-0.25, -0.2) is 4.98 Å². The predicted octanol–water partition coefficient (Wildman–Crippen LogP) is 0.985. The van der Waals surface area contributed by atoms with E-state index >= 15 is 0 Å². The van der Waals surface area contributed by atoms with Crippen LogP contribution < -0.4 is 5.32 Å². The van der Waals surface area contributed by atoms with Crippen LogP contribution in [0.1, 0.15) is 29.0 Å². The summed E-state index contributed by atoms with van der Waals surface area (Å²) in [6.07, 6.45) is 1.26. The van der Waals surface area contributed by atoms with E-state index in [1.165, 1.54) is 0 Å². The second-order valence-corrected chi connectivity index (χ2v) is 4.43. The number of carbonyl (C=O) groups is 2. The van der Waals surface area contributed by atoms with Crippen LogP contribution in [-0.4, -0.2) is 28.5 Å². The van der Waals surface area contributed by atoms with Gasteiger partial charge in [0.05, 0.1) is 5.41 Å². The molecule has 5 nitrogen and oxygen atoms in total. The van der Waals surface area contributed by atoms with Crippen molar-refractivity contribution in [2.75, 3.05) is 6.54 Å². The number of nitrogens with one attached hydrogen (secondary N) is 1. The van der Waals surface area contributed by atoms with Crippen molar-refractivity contribution in [3.63, 3.8) is 0 Å². The Morgan fingerprint density at radius 1 is 1.47 bits per heavy atom. The summed E-state index contributed by atoms with van der Waals surface area (Å²) in [4.78, 5) is 26.7. The van der Waals surface area contributed by atoms with Crippen molar-refractivity contribution in [1.29, 1.82) is 0 Å². The molecule has 0 atom stereocenters. The Bertz CT molecular complexity index is 467. The molecule has 1 aliphatic carbocycles. The molecule has 5 heteroatoms. The zero-order valence-corrected chi connectivity index (χ0v) is 9.56. The molecule has 1 aromatic rings. The molecular weight excluding hydrogens is 220 g/mol. The molecule has 0 spiro atoms. The average molecular weight is 234 g/mol. The number of aromatic nitrogens is 1. The molecule has 90 valence electrons. The molecule has 1 heterocycles. The highest BCUT2D eigenvalue weighted by Crippen LogP contribution is 2.45. The molecular formula is C12H14N2O3. The summed E-state index contributed by atoms with van der Waals surface area (Å²) in [6, 6.07) is 5.17. The number of amides is 1. The van der Waals surface area contributed by atoms with Crippen LogP contribution in [0.25, 0.3) is 0 Å². The first-order valence-corrected chi connectivity index (χ1v) is 5.49. The predicted molar refractivity (Wildman–Crippen MR) is 60.6 cm³/mol. The lowest BCUT2D eigenvalue weighted by molar-refractivity contribution is -0.143. The number of nitrogens with zero attached hydrogens (tertiary/aromatic N) is 1. The van der Waals surface area contributed by atoms with Gasteiger partial charge in [-0.15, -0.1) is 0 Å². The van der Waals surface area contributed by atoms with Gasteiger partial charge in [0.25, 0.3) is 5.91 Å². The quantitative estimate of drug-likeness (QED) is 0.814. The highest BCUT2D eigenvalue weighted by molar-refractivity contribution is 5.92. The number of aryl methyl sites for hydroxylation is 1. The second-order valence-electron chi connectivity index (χ2n) is 4.43. The molecule has 0 saturated heterocycles. The van der Waals surface area contributed by atoms with E-state index in [2.05, 4.69) is 10.3 Å². The van der Waals surface area contributed by atoms with Crippen LogP contribution >= 0.6 is 0 Å². The Hall–Kier alpha value is -1.91. The number of hydrogen-bond donors (Lipinski definition) is 2. The third-order valence-corrected chi connectivity index (χ3v) is 3.02. The monoisotopic (exact) mass is 234 g/mol. The van der Waals surface area contributed by atoms with Gasteiger partial charge in [0.15, 0.2) is 0 Å². The first-order chi connectivity index (χ1) is 8.03. The smallest absolute Gasteiger partial charge is 0.311 e. The highest BCUT2D eigenvalue weighted by atomic mass is 16.4. The van der Waals surface area contributed by atoms with E-state index in [0.29, 0.717) is 18.5 Å². The maximum absolute atomic E-state index is 11.7. The summed E-state index contributed by atoms with van der Waals surface area (Å²) < 4.78 is 0. The fourth-order valence-electron chi connectivity index (χ4n) is 1.63. The van der Waals surface area contributed by atoms with E-state index in [1.54, 1.807) is 25.1 Å². The van der Waals surface area contributed by atoms with Crippen LogP contribution in [0.3, 0.4) is 0 Å². The first kappa shape index (κ1) is 11.6. The third-order valence-electron chi connectivity index (χ3n) is 3.02. The first-order valence-electron chi connectivity index (χ1n) is 5.49. The van der Waals surface area contributed by atoms with Crippen molar-refractivity contribution in [2.24, 2.45) is 5.41 Å². The van der Waals surface area contributed by atoms with Gasteiger partial charge in [-0.3, -0.25) is 9.59 Å². The fourth-order valence-corrected chi connectivity index (χ4v) is 1.63. The lowest BCUT2D eigenvalue weighted by Gasteiger charge is -2.10. The van der Waals surface area contributed by atoms with Gasteiger partial charge < -0.3 is 10.4 Å². The molecule has 2 rings (SSSR count). The minimum atomic E-state index is -0.838. The van der Waals surface area contributed by atoms with Gasteiger partial charge in [-0.1, -0.05) is 6.07 Å². The molecule has 0 aromatic carbocycles. The van der Waals surface area contributed by atoms with Crippen molar-refractivity contribution in [2.45, 2.75) is 19.8 Å². The van der Waals surface area contributed by atoms with Gasteiger partial charge in [0, 0.05) is 12.2 Å². The molecule has 1 amide bonds. The SMILES string of the molecule is Cc1cccc(C(=O)NCC2(C(=O)O)CC2)n1. The Kier molecular flexibility index (Phi) is 2.83. The van der Waals surface area contributed by atoms with E-state index < -0.39 is 11.4 Å². The van der Waals surface area contributed by atoms with E-state index in [0.717, 1.165) is 5.69 Å². The summed E-state index contributed by atoms with van der Waals surface area (Å²) in [7, 11) is 0. The summed E-state index contributed by atoms with van der Waals surface area (Å²) in [5, 5.41) is 11.6. The molecule has 1 aromatic heterocycles. The molecule has 2 N–H and O–H groups in total. The molecule has 1 saturated carbocycles. The molecule has 1 aliphatic rings. The third kappa shape index (κ3) is 2.43. The molecule has 0 unspecified atom stereocenters. The molecule has 0 aliphatic heterocycles. The number of carbonyl (C=O) groups excluding carboxylic acids is 1. The van der Waals surface area contributed by atoms with Crippen LogP contribution in [0.5, 0.6) is 0 Å². The van der Waals surface area contributed by atoms with Crippen molar-refractivity contribution < 1.29 is 14.7 Å². The van der Waals surface area contributed by atoms with Crippen LogP contribution in [0.15, 0.2) is 18.2 Å². The van der Waals surface area contributed by atoms with Crippen molar-refractivity contribution in [3.05, 3.63) is 29.6 Å². The molecule has 0 radical (unpaired) electrons. The number of carboxylic acid groups (broad SMARTS) is 1. The average Bonchev–Trinajstić information content (AvgIpc) is 3.07. The number of hydrogen-bond acceptors (Lipinski definition) is 3. The number of carboxylic acids is 1. The van der Waals surface area contributed by atoms with E-state index in [1.807, 2.05) is 0 Å². The van der Waals surface area contributed by atoms with Crippen molar-refractivity contribution in [3.8, 4) is 0 Å². The van der Waals surface area contributed by atoms with Gasteiger partial charge in [-0.05, 0) is 31.9 Å². The fraction of sp³-hybridized carbons (Fsp3) is 0.417. The van der Waals surface area contributed by atoms with Gasteiger partial charge in [0.2, 0.25) is 0 Å². The van der Waals surface area contributed by atoms with E-state index in [9.17, 15) is 9.59 Å². The maximum Gasteiger partial charge on any atom is 0.311 e. The summed E-state index contributed by atoms with van der Waals surface area (Å²) >= 11 is 0. The minimum absolute atomic E-state index is 0.177. The Morgan fingerprint density at radius 3 is 2.71 bits per heavy atom. The zero-order valence-electron chi connectivity index (χ0n) is 9.56.